The summed E-state index contributed by atoms with van der Waals surface area (Å²) in [6, 6.07) is 9.32. The second-order valence-corrected chi connectivity index (χ2v) is 3.25. The van der Waals surface area contributed by atoms with Crippen LogP contribution in [0.15, 0.2) is 30.3 Å². The second kappa shape index (κ2) is 6.16. The van der Waals surface area contributed by atoms with E-state index in [-0.39, 0.29) is 0 Å². The third-order valence-electron chi connectivity index (χ3n) is 2.04. The summed E-state index contributed by atoms with van der Waals surface area (Å²) in [7, 11) is 1.33. The molecule has 4 nitrogen and oxygen atoms in total. The number of carbonyl (C=O) groups is 1. The molecule has 15 heavy (non-hydrogen) atoms. The van der Waals surface area contributed by atoms with Gasteiger partial charge in [0.05, 0.1) is 7.11 Å². The summed E-state index contributed by atoms with van der Waals surface area (Å²) >= 11 is 0. The van der Waals surface area contributed by atoms with Crippen molar-refractivity contribution in [3.8, 4) is 0 Å². The molecule has 0 aromatic heterocycles. The quantitative estimate of drug-likeness (QED) is 0.682. The van der Waals surface area contributed by atoms with Crippen molar-refractivity contribution in [1.82, 2.24) is 5.32 Å². The summed E-state index contributed by atoms with van der Waals surface area (Å²) in [4.78, 5) is 11.0. The highest BCUT2D eigenvalue weighted by molar-refractivity contribution is 5.75. The molecule has 0 aliphatic carbocycles. The Kier molecular flexibility index (Phi) is 4.80. The van der Waals surface area contributed by atoms with Crippen molar-refractivity contribution in [2.45, 2.75) is 12.6 Å². The van der Waals surface area contributed by atoms with Gasteiger partial charge in [-0.2, -0.15) is 0 Å². The first kappa shape index (κ1) is 11.7. The maximum atomic E-state index is 11.0. The van der Waals surface area contributed by atoms with Crippen molar-refractivity contribution < 1.29 is 9.53 Å². The zero-order valence-corrected chi connectivity index (χ0v) is 8.77. The van der Waals surface area contributed by atoms with Crippen molar-refractivity contribution >= 4 is 5.97 Å². The topological polar surface area (TPSA) is 64.3 Å². The highest BCUT2D eigenvalue weighted by Crippen LogP contribution is 1.96. The number of rotatable bonds is 5. The van der Waals surface area contributed by atoms with Crippen molar-refractivity contribution in [2.24, 2.45) is 5.73 Å². The van der Waals surface area contributed by atoms with Gasteiger partial charge < -0.3 is 15.8 Å². The van der Waals surface area contributed by atoms with Crippen LogP contribution in [0.4, 0.5) is 0 Å². The van der Waals surface area contributed by atoms with Gasteiger partial charge in [-0.25, -0.2) is 0 Å². The molecule has 0 saturated carbocycles. The largest absolute Gasteiger partial charge is 0.468 e. The summed E-state index contributed by atoms with van der Waals surface area (Å²) in [5, 5.41) is 3.09. The van der Waals surface area contributed by atoms with Gasteiger partial charge in [-0.15, -0.1) is 0 Å². The van der Waals surface area contributed by atoms with E-state index >= 15 is 0 Å². The first-order chi connectivity index (χ1) is 7.24. The van der Waals surface area contributed by atoms with E-state index in [9.17, 15) is 4.79 Å². The molecule has 1 aromatic rings. The standard InChI is InChI=1S/C11H16N2O2/c1-15-11(14)10(12)8-13-7-9-5-3-2-4-6-9/h2-6,10,13H,7-8,12H2,1H3/t10-/m1/s1. The van der Waals surface area contributed by atoms with E-state index in [2.05, 4.69) is 10.1 Å². The molecule has 0 unspecified atom stereocenters. The van der Waals surface area contributed by atoms with Gasteiger partial charge in [0.15, 0.2) is 0 Å². The van der Waals surface area contributed by atoms with E-state index in [0.29, 0.717) is 13.1 Å². The molecule has 0 fully saturated rings. The smallest absolute Gasteiger partial charge is 0.323 e. The number of methoxy groups -OCH3 is 1. The van der Waals surface area contributed by atoms with Crippen LogP contribution in [0.2, 0.25) is 0 Å². The number of hydrogen-bond acceptors (Lipinski definition) is 4. The fourth-order valence-electron chi connectivity index (χ4n) is 1.20. The number of benzene rings is 1. The lowest BCUT2D eigenvalue weighted by atomic mass is 10.2. The Morgan fingerprint density at radius 1 is 1.47 bits per heavy atom. The zero-order valence-electron chi connectivity index (χ0n) is 8.77. The minimum Gasteiger partial charge on any atom is -0.468 e. The average molecular weight is 208 g/mol. The van der Waals surface area contributed by atoms with Gasteiger partial charge >= 0.3 is 5.97 Å². The normalized spacial score (nSPS) is 12.1. The number of ether oxygens (including phenoxy) is 1. The van der Waals surface area contributed by atoms with Crippen LogP contribution in [-0.2, 0) is 16.1 Å². The molecule has 82 valence electrons. The van der Waals surface area contributed by atoms with Gasteiger partial charge in [-0.1, -0.05) is 30.3 Å². The summed E-state index contributed by atoms with van der Waals surface area (Å²) in [6.45, 7) is 1.12. The van der Waals surface area contributed by atoms with Crippen LogP contribution in [0.3, 0.4) is 0 Å². The molecular weight excluding hydrogens is 192 g/mol. The molecule has 0 aliphatic heterocycles. The van der Waals surface area contributed by atoms with Crippen LogP contribution >= 0.6 is 0 Å². The van der Waals surface area contributed by atoms with Gasteiger partial charge in [0, 0.05) is 13.1 Å². The molecule has 4 heteroatoms. The Morgan fingerprint density at radius 2 is 2.13 bits per heavy atom. The van der Waals surface area contributed by atoms with E-state index in [1.807, 2.05) is 30.3 Å². The Labute approximate surface area is 89.4 Å². The molecule has 1 atom stereocenters. The molecule has 0 bridgehead atoms. The van der Waals surface area contributed by atoms with Gasteiger partial charge in [0.25, 0.3) is 0 Å². The molecule has 0 spiro atoms. The van der Waals surface area contributed by atoms with Gasteiger partial charge in [-0.05, 0) is 5.56 Å². The van der Waals surface area contributed by atoms with Crippen LogP contribution in [0, 0.1) is 0 Å². The van der Waals surface area contributed by atoms with Crippen molar-refractivity contribution in [1.29, 1.82) is 0 Å². The molecule has 1 rings (SSSR count). The number of hydrogen-bond donors (Lipinski definition) is 2. The molecule has 0 saturated heterocycles. The van der Waals surface area contributed by atoms with Gasteiger partial charge in [0.1, 0.15) is 6.04 Å². The molecule has 0 aliphatic rings. The lowest BCUT2D eigenvalue weighted by Crippen LogP contribution is -2.40. The second-order valence-electron chi connectivity index (χ2n) is 3.25. The predicted molar refractivity (Wildman–Crippen MR) is 58.1 cm³/mol. The number of nitrogens with one attached hydrogen (secondary N) is 1. The lowest BCUT2D eigenvalue weighted by Gasteiger charge is -2.10. The lowest BCUT2D eigenvalue weighted by molar-refractivity contribution is -0.142. The van der Waals surface area contributed by atoms with Crippen LogP contribution in [0.1, 0.15) is 5.56 Å². The Balaban J connectivity index is 2.25. The summed E-state index contributed by atoms with van der Waals surface area (Å²) in [5.41, 5.74) is 6.72. The minimum atomic E-state index is -0.598. The molecule has 1 aromatic carbocycles. The molecule has 0 heterocycles. The zero-order chi connectivity index (χ0) is 11.1. The first-order valence-corrected chi connectivity index (χ1v) is 4.82. The fourth-order valence-corrected chi connectivity index (χ4v) is 1.20. The minimum absolute atomic E-state index is 0.393. The predicted octanol–water partition coefficient (Wildman–Crippen LogP) is 0.277. The monoisotopic (exact) mass is 208 g/mol. The number of nitrogens with two attached hydrogens (primary N) is 1. The van der Waals surface area contributed by atoms with Gasteiger partial charge in [0.2, 0.25) is 0 Å². The first-order valence-electron chi connectivity index (χ1n) is 4.82. The van der Waals surface area contributed by atoms with E-state index in [1.54, 1.807) is 0 Å². The summed E-state index contributed by atoms with van der Waals surface area (Å²) < 4.78 is 4.51. The van der Waals surface area contributed by atoms with E-state index < -0.39 is 12.0 Å². The number of carbonyl (C=O) groups excluding carboxylic acids is 1. The summed E-state index contributed by atoms with van der Waals surface area (Å²) in [5.74, 6) is -0.393. The summed E-state index contributed by atoms with van der Waals surface area (Å²) in [6.07, 6.45) is 0. The maximum Gasteiger partial charge on any atom is 0.323 e. The van der Waals surface area contributed by atoms with Crippen LogP contribution in [0.5, 0.6) is 0 Å². The molecule has 0 radical (unpaired) electrons. The Hall–Kier alpha value is -1.39. The highest BCUT2D eigenvalue weighted by Gasteiger charge is 2.12. The third-order valence-corrected chi connectivity index (χ3v) is 2.04. The van der Waals surface area contributed by atoms with E-state index in [0.717, 1.165) is 5.56 Å². The van der Waals surface area contributed by atoms with Crippen molar-refractivity contribution in [3.63, 3.8) is 0 Å². The molecular formula is C11H16N2O2. The van der Waals surface area contributed by atoms with Crippen molar-refractivity contribution in [3.05, 3.63) is 35.9 Å². The molecule has 3 N–H and O–H groups in total. The highest BCUT2D eigenvalue weighted by atomic mass is 16.5. The van der Waals surface area contributed by atoms with Crippen LogP contribution < -0.4 is 11.1 Å². The van der Waals surface area contributed by atoms with Crippen LogP contribution in [-0.4, -0.2) is 25.7 Å². The van der Waals surface area contributed by atoms with Crippen LogP contribution in [0.25, 0.3) is 0 Å². The van der Waals surface area contributed by atoms with Crippen molar-refractivity contribution in [2.75, 3.05) is 13.7 Å². The fraction of sp³-hybridized carbons (Fsp3) is 0.364. The average Bonchev–Trinajstić information content (AvgIpc) is 2.29. The Morgan fingerprint density at radius 3 is 2.73 bits per heavy atom. The SMILES string of the molecule is COC(=O)[C@H](N)CNCc1ccccc1. The molecule has 0 amide bonds. The van der Waals surface area contributed by atoms with E-state index in [4.69, 9.17) is 5.73 Å². The third kappa shape index (κ3) is 4.10. The maximum absolute atomic E-state index is 11.0. The van der Waals surface area contributed by atoms with E-state index in [1.165, 1.54) is 7.11 Å². The van der Waals surface area contributed by atoms with Gasteiger partial charge in [-0.3, -0.25) is 4.79 Å². The Bertz CT molecular complexity index is 301. The number of esters is 1.